The highest BCUT2D eigenvalue weighted by Gasteiger charge is 2.15. The molecule has 33 heavy (non-hydrogen) atoms. The zero-order valence-corrected chi connectivity index (χ0v) is 19.4. The second-order valence-corrected chi connectivity index (χ2v) is 7.73. The van der Waals surface area contributed by atoms with Gasteiger partial charge < -0.3 is 20.3 Å². The molecule has 2 amide bonds. The molecule has 6 heteroatoms. The Hall–Kier alpha value is -3.80. The van der Waals surface area contributed by atoms with Crippen LogP contribution in [0.25, 0.3) is 0 Å². The molecule has 0 heterocycles. The molecule has 1 unspecified atom stereocenters. The highest BCUT2D eigenvalue weighted by Crippen LogP contribution is 2.20. The van der Waals surface area contributed by atoms with Gasteiger partial charge in [0.25, 0.3) is 5.91 Å². The second kappa shape index (κ2) is 11.7. The van der Waals surface area contributed by atoms with Gasteiger partial charge in [-0.1, -0.05) is 31.2 Å². The third-order valence-electron chi connectivity index (χ3n) is 5.24. The molecule has 1 atom stereocenters. The van der Waals surface area contributed by atoms with Crippen LogP contribution in [0.4, 0.5) is 17.1 Å². The van der Waals surface area contributed by atoms with Crippen molar-refractivity contribution in [3.8, 4) is 5.75 Å². The van der Waals surface area contributed by atoms with Crippen molar-refractivity contribution in [1.29, 1.82) is 0 Å². The molecule has 0 saturated heterocycles. The van der Waals surface area contributed by atoms with E-state index in [1.165, 1.54) is 0 Å². The first-order chi connectivity index (χ1) is 16.0. The molecule has 2 N–H and O–H groups in total. The van der Waals surface area contributed by atoms with Crippen molar-refractivity contribution in [2.45, 2.75) is 33.3 Å². The van der Waals surface area contributed by atoms with Crippen molar-refractivity contribution in [3.05, 3.63) is 84.4 Å². The maximum absolute atomic E-state index is 12.9. The average molecular weight is 446 g/mol. The van der Waals surface area contributed by atoms with E-state index in [9.17, 15) is 9.59 Å². The van der Waals surface area contributed by atoms with Gasteiger partial charge in [-0.05, 0) is 68.8 Å². The minimum Gasteiger partial charge on any atom is -0.491 e. The van der Waals surface area contributed by atoms with Crippen molar-refractivity contribution >= 4 is 28.9 Å². The highest BCUT2D eigenvalue weighted by molar-refractivity contribution is 6.06. The quantitative estimate of drug-likeness (QED) is 0.427. The van der Waals surface area contributed by atoms with E-state index >= 15 is 0 Å². The molecule has 3 aromatic rings. The number of amides is 2. The molecule has 0 spiro atoms. The lowest BCUT2D eigenvalue weighted by molar-refractivity contribution is -0.114. The molecule has 0 fully saturated rings. The first kappa shape index (κ1) is 23.9. The number of rotatable bonds is 10. The molecular formula is C27H31N3O3. The summed E-state index contributed by atoms with van der Waals surface area (Å²) in [5.74, 6) is 0.497. The smallest absolute Gasteiger partial charge is 0.258 e. The monoisotopic (exact) mass is 445 g/mol. The summed E-state index contributed by atoms with van der Waals surface area (Å²) in [6.07, 6.45) is 1.03. The predicted molar refractivity (Wildman–Crippen MR) is 134 cm³/mol. The van der Waals surface area contributed by atoms with Crippen molar-refractivity contribution in [3.63, 3.8) is 0 Å². The molecule has 6 nitrogen and oxygen atoms in total. The van der Waals surface area contributed by atoms with E-state index in [2.05, 4.69) is 17.6 Å². The van der Waals surface area contributed by atoms with Crippen molar-refractivity contribution < 1.29 is 14.3 Å². The van der Waals surface area contributed by atoms with E-state index in [-0.39, 0.29) is 24.5 Å². The van der Waals surface area contributed by atoms with Crippen molar-refractivity contribution in [2.24, 2.45) is 0 Å². The third-order valence-corrected chi connectivity index (χ3v) is 5.24. The summed E-state index contributed by atoms with van der Waals surface area (Å²) in [6.45, 7) is 6.70. The number of benzene rings is 3. The van der Waals surface area contributed by atoms with Gasteiger partial charge in [0.15, 0.2) is 0 Å². The maximum Gasteiger partial charge on any atom is 0.258 e. The summed E-state index contributed by atoms with van der Waals surface area (Å²) in [5, 5.41) is 5.97. The topological polar surface area (TPSA) is 70.7 Å². The van der Waals surface area contributed by atoms with Gasteiger partial charge in [0.1, 0.15) is 5.75 Å². The molecule has 0 radical (unpaired) electrons. The minimum absolute atomic E-state index is 0.0625. The van der Waals surface area contributed by atoms with E-state index in [0.717, 1.165) is 23.5 Å². The molecule has 0 aliphatic rings. The summed E-state index contributed by atoms with van der Waals surface area (Å²) in [6, 6.07) is 24.1. The van der Waals surface area contributed by atoms with Gasteiger partial charge in [-0.25, -0.2) is 0 Å². The van der Waals surface area contributed by atoms with Gasteiger partial charge in [-0.3, -0.25) is 9.59 Å². The van der Waals surface area contributed by atoms with Crippen LogP contribution < -0.4 is 20.3 Å². The van der Waals surface area contributed by atoms with Gasteiger partial charge in [0, 0.05) is 35.2 Å². The molecule has 0 bridgehead atoms. The lowest BCUT2D eigenvalue weighted by Crippen LogP contribution is -2.30. The van der Waals surface area contributed by atoms with Crippen LogP contribution in [0.5, 0.6) is 5.75 Å². The van der Waals surface area contributed by atoms with Crippen LogP contribution in [0.1, 0.15) is 37.6 Å². The summed E-state index contributed by atoms with van der Waals surface area (Å²) < 4.78 is 5.80. The van der Waals surface area contributed by atoms with Gasteiger partial charge >= 0.3 is 0 Å². The van der Waals surface area contributed by atoms with Crippen LogP contribution in [-0.2, 0) is 4.79 Å². The molecule has 0 aromatic heterocycles. The number of ether oxygens (including phenoxy) is 1. The summed E-state index contributed by atoms with van der Waals surface area (Å²) >= 11 is 0. The fourth-order valence-electron chi connectivity index (χ4n) is 3.29. The molecule has 0 aliphatic heterocycles. The number of hydrogen-bond acceptors (Lipinski definition) is 4. The second-order valence-electron chi connectivity index (χ2n) is 7.73. The van der Waals surface area contributed by atoms with Gasteiger partial charge in [0.2, 0.25) is 5.91 Å². The van der Waals surface area contributed by atoms with Crippen LogP contribution >= 0.6 is 0 Å². The van der Waals surface area contributed by atoms with E-state index in [0.29, 0.717) is 17.8 Å². The van der Waals surface area contributed by atoms with Gasteiger partial charge in [-0.2, -0.15) is 0 Å². The Morgan fingerprint density at radius 3 is 2.30 bits per heavy atom. The lowest BCUT2D eigenvalue weighted by atomic mass is 10.1. The normalized spacial score (nSPS) is 11.4. The third kappa shape index (κ3) is 6.84. The first-order valence-corrected chi connectivity index (χ1v) is 11.3. The number of nitrogens with one attached hydrogen (secondary N) is 2. The standard InChI is InChI=1S/C27H31N3O3/c1-4-20(3)33-25-13-9-10-23(18-25)29-26(31)19-28-22-16-14-21(15-17-22)27(32)30(5-2)24-11-7-6-8-12-24/h6-18,20,28H,4-5,19H2,1-3H3,(H,29,31). The summed E-state index contributed by atoms with van der Waals surface area (Å²) in [5.41, 5.74) is 2.90. The lowest BCUT2D eigenvalue weighted by Gasteiger charge is -2.21. The van der Waals surface area contributed by atoms with Crippen molar-refractivity contribution in [1.82, 2.24) is 0 Å². The Morgan fingerprint density at radius 2 is 1.64 bits per heavy atom. The Kier molecular flexibility index (Phi) is 8.47. The van der Waals surface area contributed by atoms with E-state index in [1.807, 2.05) is 68.4 Å². The van der Waals surface area contributed by atoms with Crippen LogP contribution in [0.15, 0.2) is 78.9 Å². The largest absolute Gasteiger partial charge is 0.491 e. The Labute approximate surface area is 195 Å². The first-order valence-electron chi connectivity index (χ1n) is 11.3. The number of anilines is 3. The number of nitrogens with zero attached hydrogens (tertiary/aromatic N) is 1. The van der Waals surface area contributed by atoms with Gasteiger partial charge in [-0.15, -0.1) is 0 Å². The highest BCUT2D eigenvalue weighted by atomic mass is 16.5. The molecule has 3 aromatic carbocycles. The van der Waals surface area contributed by atoms with Crippen molar-refractivity contribution in [2.75, 3.05) is 28.6 Å². The summed E-state index contributed by atoms with van der Waals surface area (Å²) in [7, 11) is 0. The average Bonchev–Trinajstić information content (AvgIpc) is 2.84. The number of hydrogen-bond donors (Lipinski definition) is 2. The Balaban J connectivity index is 1.54. The zero-order chi connectivity index (χ0) is 23.6. The fraction of sp³-hybridized carbons (Fsp3) is 0.259. The fourth-order valence-corrected chi connectivity index (χ4v) is 3.29. The van der Waals surface area contributed by atoms with E-state index < -0.39 is 0 Å². The number of para-hydroxylation sites is 1. The Bertz CT molecular complexity index is 1050. The van der Waals surface area contributed by atoms with Crippen LogP contribution in [-0.4, -0.2) is 31.0 Å². The maximum atomic E-state index is 12.9. The van der Waals surface area contributed by atoms with Gasteiger partial charge in [0.05, 0.1) is 12.6 Å². The van der Waals surface area contributed by atoms with E-state index in [4.69, 9.17) is 4.74 Å². The summed E-state index contributed by atoms with van der Waals surface area (Å²) in [4.78, 5) is 27.0. The van der Waals surface area contributed by atoms with Crippen LogP contribution in [0.2, 0.25) is 0 Å². The number of carbonyl (C=O) groups is 2. The molecule has 0 saturated carbocycles. The Morgan fingerprint density at radius 1 is 0.909 bits per heavy atom. The van der Waals surface area contributed by atoms with E-state index in [1.54, 1.807) is 29.2 Å². The molecule has 3 rings (SSSR count). The predicted octanol–water partition coefficient (Wildman–Crippen LogP) is 5.58. The SMILES string of the molecule is CCC(C)Oc1cccc(NC(=O)CNc2ccc(C(=O)N(CC)c3ccccc3)cc2)c1. The molecule has 172 valence electrons. The molecule has 0 aliphatic carbocycles. The zero-order valence-electron chi connectivity index (χ0n) is 19.4. The van der Waals surface area contributed by atoms with Crippen LogP contribution in [0.3, 0.4) is 0 Å². The molecular weight excluding hydrogens is 414 g/mol. The minimum atomic E-state index is -0.169. The van der Waals surface area contributed by atoms with Crippen LogP contribution in [0, 0.1) is 0 Å². The number of carbonyl (C=O) groups excluding carboxylic acids is 2.